The number of aromatic nitrogens is 2. The third kappa shape index (κ3) is 2.57. The molecule has 18 heavy (non-hydrogen) atoms. The van der Waals surface area contributed by atoms with Crippen molar-refractivity contribution in [2.75, 3.05) is 13.7 Å². The van der Waals surface area contributed by atoms with Gasteiger partial charge < -0.3 is 15.0 Å². The first kappa shape index (κ1) is 12.7. The third-order valence-electron chi connectivity index (χ3n) is 2.75. The van der Waals surface area contributed by atoms with Crippen molar-refractivity contribution in [3.05, 3.63) is 35.7 Å². The van der Waals surface area contributed by atoms with Crippen LogP contribution in [0.5, 0.6) is 0 Å². The van der Waals surface area contributed by atoms with E-state index >= 15 is 0 Å². The zero-order chi connectivity index (χ0) is 13.0. The highest BCUT2D eigenvalue weighted by atomic mass is 16.5. The number of aryl methyl sites for hydroxylation is 1. The first-order chi connectivity index (χ1) is 8.76. The Labute approximate surface area is 106 Å². The maximum atomic E-state index is 5.86. The minimum atomic E-state index is -0.360. The zero-order valence-electron chi connectivity index (χ0n) is 10.6. The second-order valence-electron chi connectivity index (χ2n) is 4.03. The molecule has 0 fully saturated rings. The maximum absolute atomic E-state index is 5.86. The molecule has 5 heteroatoms. The van der Waals surface area contributed by atoms with Crippen LogP contribution in [-0.4, -0.2) is 23.9 Å². The lowest BCUT2D eigenvalue weighted by Crippen LogP contribution is -2.17. The zero-order valence-corrected chi connectivity index (χ0v) is 10.6. The summed E-state index contributed by atoms with van der Waals surface area (Å²) in [5, 5.41) is 3.90. The topological polar surface area (TPSA) is 74.2 Å². The van der Waals surface area contributed by atoms with Crippen LogP contribution in [0.3, 0.4) is 0 Å². The van der Waals surface area contributed by atoms with Crippen LogP contribution in [0, 0.1) is 0 Å². The molecule has 2 aromatic rings. The van der Waals surface area contributed by atoms with Gasteiger partial charge in [0.1, 0.15) is 0 Å². The minimum Gasteiger partial charge on any atom is -0.383 e. The van der Waals surface area contributed by atoms with Gasteiger partial charge in [0, 0.05) is 12.7 Å². The van der Waals surface area contributed by atoms with E-state index in [1.807, 2.05) is 24.3 Å². The van der Waals surface area contributed by atoms with Crippen LogP contribution in [0.4, 0.5) is 0 Å². The summed E-state index contributed by atoms with van der Waals surface area (Å²) >= 11 is 0. The molecule has 0 aliphatic heterocycles. The number of methoxy groups -OCH3 is 1. The predicted molar refractivity (Wildman–Crippen MR) is 67.9 cm³/mol. The number of ether oxygens (including phenoxy) is 1. The van der Waals surface area contributed by atoms with Gasteiger partial charge in [0.05, 0.1) is 12.6 Å². The average Bonchev–Trinajstić information content (AvgIpc) is 2.88. The highest BCUT2D eigenvalue weighted by molar-refractivity contribution is 5.58. The van der Waals surface area contributed by atoms with Gasteiger partial charge in [0.25, 0.3) is 5.89 Å². The Hall–Kier alpha value is -1.72. The third-order valence-corrected chi connectivity index (χ3v) is 2.75. The highest BCUT2D eigenvalue weighted by Gasteiger charge is 2.16. The second-order valence-corrected chi connectivity index (χ2v) is 4.03. The van der Waals surface area contributed by atoms with Gasteiger partial charge in [-0.15, -0.1) is 0 Å². The fourth-order valence-electron chi connectivity index (χ4n) is 1.79. The molecular weight excluding hydrogens is 230 g/mol. The number of hydrogen-bond donors (Lipinski definition) is 1. The Bertz CT molecular complexity index is 510. The molecule has 0 saturated heterocycles. The van der Waals surface area contributed by atoms with Crippen molar-refractivity contribution in [1.29, 1.82) is 0 Å². The van der Waals surface area contributed by atoms with Crippen molar-refractivity contribution in [2.24, 2.45) is 5.73 Å². The number of hydrogen-bond acceptors (Lipinski definition) is 5. The van der Waals surface area contributed by atoms with Gasteiger partial charge in [-0.25, -0.2) is 0 Å². The van der Waals surface area contributed by atoms with Crippen LogP contribution in [0.2, 0.25) is 0 Å². The first-order valence-corrected chi connectivity index (χ1v) is 5.92. The fraction of sp³-hybridized carbons (Fsp3) is 0.385. The van der Waals surface area contributed by atoms with E-state index in [1.165, 1.54) is 5.56 Å². The number of nitrogens with two attached hydrogens (primary N) is 1. The summed E-state index contributed by atoms with van der Waals surface area (Å²) in [6, 6.07) is 7.61. The Balaban J connectivity index is 2.29. The molecule has 0 bridgehead atoms. The maximum Gasteiger partial charge on any atom is 0.258 e. The Morgan fingerprint density at radius 2 is 2.17 bits per heavy atom. The van der Waals surface area contributed by atoms with Gasteiger partial charge in [-0.3, -0.25) is 0 Å². The van der Waals surface area contributed by atoms with Crippen LogP contribution in [0.15, 0.2) is 28.8 Å². The molecule has 96 valence electrons. The summed E-state index contributed by atoms with van der Waals surface area (Å²) in [5.41, 5.74) is 7.99. The monoisotopic (exact) mass is 247 g/mol. The van der Waals surface area contributed by atoms with Crippen LogP contribution in [0.25, 0.3) is 11.5 Å². The standard InChI is InChI=1S/C13H17N3O2/c1-3-9-6-4-5-7-10(9)13-15-12(16-18-13)11(14)8-17-2/h4-7,11H,3,8,14H2,1-2H3. The molecule has 2 N–H and O–H groups in total. The van der Waals surface area contributed by atoms with Crippen LogP contribution >= 0.6 is 0 Å². The molecule has 1 atom stereocenters. The summed E-state index contributed by atoms with van der Waals surface area (Å²) in [5.74, 6) is 0.978. The minimum absolute atomic E-state index is 0.360. The van der Waals surface area contributed by atoms with Gasteiger partial charge in [0.15, 0.2) is 5.82 Å². The number of nitrogens with zero attached hydrogens (tertiary/aromatic N) is 2. The van der Waals surface area contributed by atoms with Gasteiger partial charge >= 0.3 is 0 Å². The molecule has 0 amide bonds. The lowest BCUT2D eigenvalue weighted by atomic mass is 10.1. The van der Waals surface area contributed by atoms with Crippen LogP contribution in [-0.2, 0) is 11.2 Å². The normalized spacial score (nSPS) is 12.6. The van der Waals surface area contributed by atoms with E-state index in [-0.39, 0.29) is 6.04 Å². The SMILES string of the molecule is CCc1ccccc1-c1nc(C(N)COC)no1. The molecule has 1 unspecified atom stereocenters. The Morgan fingerprint density at radius 3 is 2.89 bits per heavy atom. The van der Waals surface area contributed by atoms with E-state index in [0.717, 1.165) is 12.0 Å². The van der Waals surface area contributed by atoms with Crippen LogP contribution in [0.1, 0.15) is 24.4 Å². The molecule has 1 aromatic carbocycles. The van der Waals surface area contributed by atoms with E-state index in [1.54, 1.807) is 7.11 Å². The van der Waals surface area contributed by atoms with Gasteiger partial charge in [0.2, 0.25) is 0 Å². The molecule has 0 aliphatic rings. The molecule has 1 heterocycles. The largest absolute Gasteiger partial charge is 0.383 e. The highest BCUT2D eigenvalue weighted by Crippen LogP contribution is 2.23. The van der Waals surface area contributed by atoms with Crippen molar-refractivity contribution in [2.45, 2.75) is 19.4 Å². The molecule has 0 radical (unpaired) electrons. The second kappa shape index (κ2) is 5.75. The van der Waals surface area contributed by atoms with E-state index in [9.17, 15) is 0 Å². The van der Waals surface area contributed by atoms with Crippen molar-refractivity contribution < 1.29 is 9.26 Å². The lowest BCUT2D eigenvalue weighted by Gasteiger charge is -2.04. The summed E-state index contributed by atoms with van der Waals surface area (Å²) in [6.45, 7) is 2.46. The van der Waals surface area contributed by atoms with Gasteiger partial charge in [-0.05, 0) is 18.1 Å². The lowest BCUT2D eigenvalue weighted by molar-refractivity contribution is 0.177. The quantitative estimate of drug-likeness (QED) is 0.874. The average molecular weight is 247 g/mol. The summed E-state index contributed by atoms with van der Waals surface area (Å²) in [4.78, 5) is 4.32. The Morgan fingerprint density at radius 1 is 1.39 bits per heavy atom. The Kier molecular flexibility index (Phi) is 4.07. The molecule has 5 nitrogen and oxygen atoms in total. The van der Waals surface area contributed by atoms with E-state index in [0.29, 0.717) is 18.3 Å². The number of rotatable bonds is 5. The molecule has 0 spiro atoms. The molecule has 1 aromatic heterocycles. The van der Waals surface area contributed by atoms with Crippen molar-refractivity contribution in [3.63, 3.8) is 0 Å². The molecule has 2 rings (SSSR count). The van der Waals surface area contributed by atoms with Crippen molar-refractivity contribution in [1.82, 2.24) is 10.1 Å². The van der Waals surface area contributed by atoms with Gasteiger partial charge in [-0.1, -0.05) is 30.3 Å². The smallest absolute Gasteiger partial charge is 0.258 e. The molecule has 0 aliphatic carbocycles. The van der Waals surface area contributed by atoms with E-state index in [4.69, 9.17) is 15.0 Å². The van der Waals surface area contributed by atoms with E-state index in [2.05, 4.69) is 17.1 Å². The molecular formula is C13H17N3O2. The van der Waals surface area contributed by atoms with Gasteiger partial charge in [-0.2, -0.15) is 4.98 Å². The van der Waals surface area contributed by atoms with E-state index < -0.39 is 0 Å². The fourth-order valence-corrected chi connectivity index (χ4v) is 1.79. The number of benzene rings is 1. The summed E-state index contributed by atoms with van der Waals surface area (Å²) in [7, 11) is 1.59. The molecule has 0 saturated carbocycles. The summed E-state index contributed by atoms with van der Waals surface area (Å²) < 4.78 is 10.2. The first-order valence-electron chi connectivity index (χ1n) is 5.92. The van der Waals surface area contributed by atoms with Crippen molar-refractivity contribution in [3.8, 4) is 11.5 Å². The predicted octanol–water partition coefficient (Wildman–Crippen LogP) is 1.95. The van der Waals surface area contributed by atoms with Crippen LogP contribution < -0.4 is 5.73 Å². The van der Waals surface area contributed by atoms with Crippen molar-refractivity contribution >= 4 is 0 Å². The summed E-state index contributed by atoms with van der Waals surface area (Å²) in [6.07, 6.45) is 0.915.